The van der Waals surface area contributed by atoms with Gasteiger partial charge in [0, 0.05) is 23.7 Å². The molecule has 1 aliphatic rings. The predicted octanol–water partition coefficient (Wildman–Crippen LogP) is 1.18. The standard InChI is InChI=1S/C11H14N2O2S/c12-8-1-3-9(4-2-8)16-11(5-10(14)15)6-13-7-11/h1-4,13H,5-7,12H2,(H,14,15). The molecule has 0 atom stereocenters. The molecule has 0 saturated carbocycles. The van der Waals surface area contributed by atoms with Gasteiger partial charge in [0.2, 0.25) is 0 Å². The lowest BCUT2D eigenvalue weighted by molar-refractivity contribution is -0.138. The first-order chi connectivity index (χ1) is 7.60. The van der Waals surface area contributed by atoms with E-state index < -0.39 is 5.97 Å². The van der Waals surface area contributed by atoms with E-state index in [1.54, 1.807) is 11.8 Å². The summed E-state index contributed by atoms with van der Waals surface area (Å²) in [7, 11) is 0. The molecule has 0 spiro atoms. The zero-order chi connectivity index (χ0) is 11.6. The van der Waals surface area contributed by atoms with Crippen LogP contribution in [-0.2, 0) is 4.79 Å². The van der Waals surface area contributed by atoms with Crippen LogP contribution in [-0.4, -0.2) is 28.9 Å². The van der Waals surface area contributed by atoms with Crippen LogP contribution in [0.25, 0.3) is 0 Å². The maximum atomic E-state index is 10.8. The molecule has 86 valence electrons. The summed E-state index contributed by atoms with van der Waals surface area (Å²) in [5.74, 6) is -0.746. The second-order valence-electron chi connectivity index (χ2n) is 4.03. The van der Waals surface area contributed by atoms with E-state index in [4.69, 9.17) is 10.8 Å². The summed E-state index contributed by atoms with van der Waals surface area (Å²) in [5, 5.41) is 12.0. The van der Waals surface area contributed by atoms with E-state index in [0.29, 0.717) is 0 Å². The van der Waals surface area contributed by atoms with Gasteiger partial charge >= 0.3 is 5.97 Å². The number of benzene rings is 1. The molecule has 5 heteroatoms. The van der Waals surface area contributed by atoms with Gasteiger partial charge in [0.05, 0.1) is 11.2 Å². The average Bonchev–Trinajstić information content (AvgIpc) is 2.17. The lowest BCUT2D eigenvalue weighted by Crippen LogP contribution is -2.57. The number of nitrogens with one attached hydrogen (secondary N) is 1. The fourth-order valence-corrected chi connectivity index (χ4v) is 3.01. The van der Waals surface area contributed by atoms with Crippen molar-refractivity contribution in [2.45, 2.75) is 16.1 Å². The zero-order valence-electron chi connectivity index (χ0n) is 8.77. The molecule has 4 N–H and O–H groups in total. The van der Waals surface area contributed by atoms with Gasteiger partial charge in [-0.1, -0.05) is 0 Å². The Morgan fingerprint density at radius 3 is 2.50 bits per heavy atom. The van der Waals surface area contributed by atoms with Gasteiger partial charge in [0.1, 0.15) is 0 Å². The third kappa shape index (κ3) is 2.48. The molecule has 1 aromatic rings. The molecule has 1 aliphatic heterocycles. The highest BCUT2D eigenvalue weighted by Crippen LogP contribution is 2.38. The van der Waals surface area contributed by atoms with Gasteiger partial charge in [0.25, 0.3) is 0 Å². The summed E-state index contributed by atoms with van der Waals surface area (Å²) in [6.07, 6.45) is 0.190. The van der Waals surface area contributed by atoms with Crippen molar-refractivity contribution in [1.29, 1.82) is 0 Å². The van der Waals surface area contributed by atoms with Crippen LogP contribution in [0.15, 0.2) is 29.2 Å². The van der Waals surface area contributed by atoms with E-state index >= 15 is 0 Å². The van der Waals surface area contributed by atoms with Crippen molar-refractivity contribution in [2.75, 3.05) is 18.8 Å². The van der Waals surface area contributed by atoms with Gasteiger partial charge in [0.15, 0.2) is 0 Å². The number of hydrogen-bond acceptors (Lipinski definition) is 4. The van der Waals surface area contributed by atoms with Gasteiger partial charge < -0.3 is 16.2 Å². The molecular weight excluding hydrogens is 224 g/mol. The van der Waals surface area contributed by atoms with Crippen LogP contribution < -0.4 is 11.1 Å². The molecule has 1 fully saturated rings. The maximum Gasteiger partial charge on any atom is 0.304 e. The number of carbonyl (C=O) groups is 1. The normalized spacial score (nSPS) is 17.8. The molecule has 0 aliphatic carbocycles. The number of nitrogens with two attached hydrogens (primary N) is 1. The van der Waals surface area contributed by atoms with Crippen molar-refractivity contribution < 1.29 is 9.90 Å². The van der Waals surface area contributed by atoms with E-state index in [9.17, 15) is 4.79 Å². The first-order valence-corrected chi connectivity index (χ1v) is 5.88. The summed E-state index contributed by atoms with van der Waals surface area (Å²) in [6, 6.07) is 7.54. The van der Waals surface area contributed by atoms with Gasteiger partial charge in [-0.25, -0.2) is 0 Å². The number of hydrogen-bond donors (Lipinski definition) is 3. The molecule has 2 rings (SSSR count). The van der Waals surface area contributed by atoms with Gasteiger partial charge in [-0.15, -0.1) is 11.8 Å². The number of aliphatic carboxylic acids is 1. The van der Waals surface area contributed by atoms with Gasteiger partial charge in [-0.05, 0) is 24.3 Å². The third-order valence-corrected chi connectivity index (χ3v) is 3.96. The maximum absolute atomic E-state index is 10.8. The monoisotopic (exact) mass is 238 g/mol. The topological polar surface area (TPSA) is 75.4 Å². The van der Waals surface area contributed by atoms with Gasteiger partial charge in [-0.2, -0.15) is 0 Å². The Morgan fingerprint density at radius 1 is 1.44 bits per heavy atom. The molecule has 0 amide bonds. The van der Waals surface area contributed by atoms with Crippen molar-refractivity contribution in [1.82, 2.24) is 5.32 Å². The largest absolute Gasteiger partial charge is 0.481 e. The van der Waals surface area contributed by atoms with Crippen molar-refractivity contribution in [2.24, 2.45) is 0 Å². The molecule has 0 bridgehead atoms. The van der Waals surface area contributed by atoms with Crippen molar-refractivity contribution in [3.8, 4) is 0 Å². The Morgan fingerprint density at radius 2 is 2.06 bits per heavy atom. The number of rotatable bonds is 4. The SMILES string of the molecule is Nc1ccc(SC2(CC(=O)O)CNC2)cc1. The van der Waals surface area contributed by atoms with Gasteiger partial charge in [-0.3, -0.25) is 4.79 Å². The second-order valence-corrected chi connectivity index (χ2v) is 5.57. The number of anilines is 1. The average molecular weight is 238 g/mol. The minimum atomic E-state index is -0.746. The van der Waals surface area contributed by atoms with Crippen LogP contribution in [0.4, 0.5) is 5.69 Å². The Hall–Kier alpha value is -1.20. The summed E-state index contributed by atoms with van der Waals surface area (Å²) < 4.78 is -0.193. The van der Waals surface area contributed by atoms with Crippen LogP contribution in [0, 0.1) is 0 Å². The predicted molar refractivity (Wildman–Crippen MR) is 64.6 cm³/mol. The highest BCUT2D eigenvalue weighted by Gasteiger charge is 2.40. The molecule has 0 aromatic heterocycles. The van der Waals surface area contributed by atoms with E-state index in [-0.39, 0.29) is 11.2 Å². The molecule has 0 unspecified atom stereocenters. The summed E-state index contributed by atoms with van der Waals surface area (Å²) in [6.45, 7) is 1.49. The fourth-order valence-electron chi connectivity index (χ4n) is 1.70. The minimum Gasteiger partial charge on any atom is -0.481 e. The summed E-state index contributed by atoms with van der Waals surface area (Å²) >= 11 is 1.62. The molecule has 1 saturated heterocycles. The minimum absolute atomic E-state index is 0.190. The van der Waals surface area contributed by atoms with E-state index in [1.165, 1.54) is 0 Å². The highest BCUT2D eigenvalue weighted by atomic mass is 32.2. The van der Waals surface area contributed by atoms with E-state index in [2.05, 4.69) is 5.32 Å². The van der Waals surface area contributed by atoms with Crippen LogP contribution >= 0.6 is 11.8 Å². The molecule has 1 heterocycles. The smallest absolute Gasteiger partial charge is 0.304 e. The molecule has 1 aromatic carbocycles. The zero-order valence-corrected chi connectivity index (χ0v) is 9.59. The Labute approximate surface area is 98.2 Å². The summed E-state index contributed by atoms with van der Waals surface area (Å²) in [5.41, 5.74) is 6.33. The van der Waals surface area contributed by atoms with E-state index in [0.717, 1.165) is 23.7 Å². The second kappa shape index (κ2) is 4.35. The molecule has 0 radical (unpaired) electrons. The van der Waals surface area contributed by atoms with Crippen LogP contribution in [0.2, 0.25) is 0 Å². The molecular formula is C11H14N2O2S. The number of carboxylic acid groups (broad SMARTS) is 1. The fraction of sp³-hybridized carbons (Fsp3) is 0.364. The van der Waals surface area contributed by atoms with Crippen molar-refractivity contribution >= 4 is 23.4 Å². The number of carboxylic acids is 1. The number of thioether (sulfide) groups is 1. The lowest BCUT2D eigenvalue weighted by Gasteiger charge is -2.40. The lowest BCUT2D eigenvalue weighted by atomic mass is 9.98. The Kier molecular flexibility index (Phi) is 3.07. The summed E-state index contributed by atoms with van der Waals surface area (Å²) in [4.78, 5) is 11.9. The number of nitrogen functional groups attached to an aromatic ring is 1. The van der Waals surface area contributed by atoms with E-state index in [1.807, 2.05) is 24.3 Å². The quantitative estimate of drug-likeness (QED) is 0.687. The third-order valence-electron chi connectivity index (χ3n) is 2.58. The van der Waals surface area contributed by atoms with Crippen LogP contribution in [0.3, 0.4) is 0 Å². The Balaban J connectivity index is 2.06. The Bertz CT molecular complexity index is 387. The first-order valence-electron chi connectivity index (χ1n) is 5.07. The van der Waals surface area contributed by atoms with Crippen LogP contribution in [0.1, 0.15) is 6.42 Å². The molecule has 4 nitrogen and oxygen atoms in total. The van der Waals surface area contributed by atoms with Crippen molar-refractivity contribution in [3.05, 3.63) is 24.3 Å². The van der Waals surface area contributed by atoms with Crippen molar-refractivity contribution in [3.63, 3.8) is 0 Å². The molecule has 16 heavy (non-hydrogen) atoms. The van der Waals surface area contributed by atoms with Crippen LogP contribution in [0.5, 0.6) is 0 Å². The highest BCUT2D eigenvalue weighted by molar-refractivity contribution is 8.00. The first kappa shape index (κ1) is 11.3.